The molecule has 1 aromatic rings. The van der Waals surface area contributed by atoms with Crippen molar-refractivity contribution in [2.75, 3.05) is 13.6 Å². The van der Waals surface area contributed by atoms with E-state index in [0.29, 0.717) is 10.6 Å². The number of halogens is 1. The first-order chi connectivity index (χ1) is 6.65. The van der Waals surface area contributed by atoms with Gasteiger partial charge in [0.25, 0.3) is 0 Å². The summed E-state index contributed by atoms with van der Waals surface area (Å²) < 4.78 is 0. The van der Waals surface area contributed by atoms with Crippen molar-refractivity contribution < 1.29 is 0 Å². The maximum Gasteiger partial charge on any atom is 0.0992 e. The van der Waals surface area contributed by atoms with E-state index < -0.39 is 0 Å². The summed E-state index contributed by atoms with van der Waals surface area (Å²) in [5.74, 6) is 0. The third kappa shape index (κ3) is 3.02. The summed E-state index contributed by atoms with van der Waals surface area (Å²) in [7, 11) is 2.03. The molecule has 0 amide bonds. The summed E-state index contributed by atoms with van der Waals surface area (Å²) in [4.78, 5) is 2.16. The minimum absolute atomic E-state index is 0.622. The lowest BCUT2D eigenvalue weighted by molar-refractivity contribution is 0.346. The second kappa shape index (κ2) is 4.99. The molecule has 3 heteroatoms. The Morgan fingerprint density at radius 2 is 2.14 bits per heavy atom. The average Bonchev–Trinajstić information content (AvgIpc) is 2.16. The summed E-state index contributed by atoms with van der Waals surface area (Å²) in [6, 6.07) is 7.54. The first kappa shape index (κ1) is 11.0. The van der Waals surface area contributed by atoms with Crippen molar-refractivity contribution >= 4 is 11.6 Å². The van der Waals surface area contributed by atoms with Gasteiger partial charge in [-0.3, -0.25) is 0 Å². The highest BCUT2D eigenvalue weighted by Gasteiger charge is 2.01. The van der Waals surface area contributed by atoms with E-state index in [9.17, 15) is 0 Å². The van der Waals surface area contributed by atoms with Crippen LogP contribution in [0.25, 0.3) is 0 Å². The van der Waals surface area contributed by atoms with Crippen LogP contribution in [0.4, 0.5) is 0 Å². The van der Waals surface area contributed by atoms with Crippen LogP contribution in [0.1, 0.15) is 18.1 Å². The van der Waals surface area contributed by atoms with Crippen LogP contribution in [-0.4, -0.2) is 18.5 Å². The Kier molecular flexibility index (Phi) is 3.94. The van der Waals surface area contributed by atoms with Crippen molar-refractivity contribution in [2.24, 2.45) is 0 Å². The highest BCUT2D eigenvalue weighted by molar-refractivity contribution is 6.30. The quantitative estimate of drug-likeness (QED) is 0.764. The second-order valence-electron chi connectivity index (χ2n) is 3.29. The van der Waals surface area contributed by atoms with Gasteiger partial charge in [-0.05, 0) is 37.4 Å². The molecule has 0 N–H and O–H groups in total. The standard InChI is InChI=1S/C11H13ClN2/c1-3-14(2)8-10-4-9(7-13)5-11(12)6-10/h4-6H,3,8H2,1-2H3. The molecule has 0 atom stereocenters. The van der Waals surface area contributed by atoms with E-state index in [-0.39, 0.29) is 0 Å². The first-order valence-corrected chi connectivity index (χ1v) is 4.91. The highest BCUT2D eigenvalue weighted by atomic mass is 35.5. The predicted molar refractivity (Wildman–Crippen MR) is 58.2 cm³/mol. The Balaban J connectivity index is 2.88. The molecule has 0 radical (unpaired) electrons. The van der Waals surface area contributed by atoms with Gasteiger partial charge in [0.15, 0.2) is 0 Å². The average molecular weight is 209 g/mol. The predicted octanol–water partition coefficient (Wildman–Crippen LogP) is 2.66. The van der Waals surface area contributed by atoms with Gasteiger partial charge in [0.05, 0.1) is 11.6 Å². The summed E-state index contributed by atoms with van der Waals surface area (Å²) in [6.07, 6.45) is 0. The molecule has 74 valence electrons. The molecular weight excluding hydrogens is 196 g/mol. The Morgan fingerprint density at radius 3 is 2.71 bits per heavy atom. The van der Waals surface area contributed by atoms with E-state index in [4.69, 9.17) is 16.9 Å². The maximum absolute atomic E-state index is 8.76. The van der Waals surface area contributed by atoms with Gasteiger partial charge in [-0.15, -0.1) is 0 Å². The number of nitrogens with zero attached hydrogens (tertiary/aromatic N) is 2. The third-order valence-corrected chi connectivity index (χ3v) is 2.30. The molecule has 0 spiro atoms. The molecule has 0 saturated heterocycles. The van der Waals surface area contributed by atoms with Crippen molar-refractivity contribution in [3.05, 3.63) is 34.3 Å². The van der Waals surface area contributed by atoms with Gasteiger partial charge >= 0.3 is 0 Å². The Hall–Kier alpha value is -1.04. The third-order valence-electron chi connectivity index (χ3n) is 2.08. The second-order valence-corrected chi connectivity index (χ2v) is 3.73. The van der Waals surface area contributed by atoms with Crippen LogP contribution in [0.5, 0.6) is 0 Å². The van der Waals surface area contributed by atoms with Crippen LogP contribution in [0.15, 0.2) is 18.2 Å². The topological polar surface area (TPSA) is 27.0 Å². The van der Waals surface area contributed by atoms with Crippen molar-refractivity contribution in [2.45, 2.75) is 13.5 Å². The van der Waals surface area contributed by atoms with E-state index >= 15 is 0 Å². The van der Waals surface area contributed by atoms with E-state index in [1.54, 1.807) is 6.07 Å². The van der Waals surface area contributed by atoms with Crippen LogP contribution in [0.2, 0.25) is 5.02 Å². The summed E-state index contributed by atoms with van der Waals surface area (Å²) in [6.45, 7) is 3.90. The lowest BCUT2D eigenvalue weighted by Crippen LogP contribution is -2.16. The normalized spacial score (nSPS) is 10.2. The molecule has 1 rings (SSSR count). The van der Waals surface area contributed by atoms with E-state index in [0.717, 1.165) is 18.7 Å². The molecular formula is C11H13ClN2. The van der Waals surface area contributed by atoms with Crippen LogP contribution in [-0.2, 0) is 6.54 Å². The minimum Gasteiger partial charge on any atom is -0.302 e. The summed E-state index contributed by atoms with van der Waals surface area (Å²) in [5.41, 5.74) is 1.70. The van der Waals surface area contributed by atoms with Crippen molar-refractivity contribution in [3.8, 4) is 6.07 Å². The molecule has 0 aliphatic heterocycles. The van der Waals surface area contributed by atoms with E-state index in [2.05, 4.69) is 17.9 Å². The molecule has 0 aliphatic carbocycles. The van der Waals surface area contributed by atoms with E-state index in [1.807, 2.05) is 19.2 Å². The smallest absolute Gasteiger partial charge is 0.0992 e. The summed E-state index contributed by atoms with van der Waals surface area (Å²) >= 11 is 5.89. The van der Waals surface area contributed by atoms with Gasteiger partial charge in [-0.25, -0.2) is 0 Å². The Bertz CT molecular complexity index is 355. The molecule has 0 bridgehead atoms. The lowest BCUT2D eigenvalue weighted by atomic mass is 10.1. The SMILES string of the molecule is CCN(C)Cc1cc(Cl)cc(C#N)c1. The van der Waals surface area contributed by atoms with Crippen LogP contribution < -0.4 is 0 Å². The van der Waals surface area contributed by atoms with Gasteiger partial charge < -0.3 is 4.90 Å². The van der Waals surface area contributed by atoms with Crippen LogP contribution in [0, 0.1) is 11.3 Å². The first-order valence-electron chi connectivity index (χ1n) is 4.53. The number of rotatable bonds is 3. The molecule has 1 aromatic carbocycles. The van der Waals surface area contributed by atoms with Crippen molar-refractivity contribution in [1.29, 1.82) is 5.26 Å². The van der Waals surface area contributed by atoms with Gasteiger partial charge in [-0.1, -0.05) is 18.5 Å². The van der Waals surface area contributed by atoms with Crippen LogP contribution in [0.3, 0.4) is 0 Å². The highest BCUT2D eigenvalue weighted by Crippen LogP contribution is 2.15. The monoisotopic (exact) mass is 208 g/mol. The number of benzene rings is 1. The fourth-order valence-electron chi connectivity index (χ4n) is 1.23. The molecule has 2 nitrogen and oxygen atoms in total. The zero-order chi connectivity index (χ0) is 10.6. The Morgan fingerprint density at radius 1 is 1.43 bits per heavy atom. The number of nitriles is 1. The van der Waals surface area contributed by atoms with Crippen molar-refractivity contribution in [3.63, 3.8) is 0 Å². The molecule has 0 saturated carbocycles. The van der Waals surface area contributed by atoms with Crippen LogP contribution >= 0.6 is 11.6 Å². The van der Waals surface area contributed by atoms with E-state index in [1.165, 1.54) is 0 Å². The zero-order valence-electron chi connectivity index (χ0n) is 8.42. The summed E-state index contributed by atoms with van der Waals surface area (Å²) in [5, 5.41) is 9.38. The largest absolute Gasteiger partial charge is 0.302 e. The molecule has 0 unspecified atom stereocenters. The molecule has 0 aliphatic rings. The minimum atomic E-state index is 0.622. The molecule has 0 heterocycles. The van der Waals surface area contributed by atoms with Crippen molar-refractivity contribution in [1.82, 2.24) is 4.90 Å². The zero-order valence-corrected chi connectivity index (χ0v) is 9.17. The fraction of sp³-hybridized carbons (Fsp3) is 0.364. The molecule has 0 fully saturated rings. The van der Waals surface area contributed by atoms with Gasteiger partial charge in [0, 0.05) is 11.6 Å². The maximum atomic E-state index is 8.76. The lowest BCUT2D eigenvalue weighted by Gasteiger charge is -2.13. The molecule has 0 aromatic heterocycles. The molecule has 14 heavy (non-hydrogen) atoms. The number of hydrogen-bond donors (Lipinski definition) is 0. The van der Waals surface area contributed by atoms with Gasteiger partial charge in [-0.2, -0.15) is 5.26 Å². The van der Waals surface area contributed by atoms with Gasteiger partial charge in [0.1, 0.15) is 0 Å². The van der Waals surface area contributed by atoms with Gasteiger partial charge in [0.2, 0.25) is 0 Å². The fourth-order valence-corrected chi connectivity index (χ4v) is 1.49. The number of hydrogen-bond acceptors (Lipinski definition) is 2. The Labute approximate surface area is 89.7 Å².